The summed E-state index contributed by atoms with van der Waals surface area (Å²) in [7, 11) is 0. The van der Waals surface area contributed by atoms with E-state index in [4.69, 9.17) is 12.2 Å². The van der Waals surface area contributed by atoms with Crippen molar-refractivity contribution < 1.29 is 0 Å². The molecule has 17 heavy (non-hydrogen) atoms. The Morgan fingerprint density at radius 1 is 1.35 bits per heavy atom. The Labute approximate surface area is 114 Å². The molecule has 0 aromatic carbocycles. The molecule has 0 N–H and O–H groups in total. The number of nitrogens with zero attached hydrogens (tertiary/aromatic N) is 1. The van der Waals surface area contributed by atoms with Crippen LogP contribution in [0.5, 0.6) is 0 Å². The molecule has 0 saturated heterocycles. The first-order valence-electron chi connectivity index (χ1n) is 5.91. The van der Waals surface area contributed by atoms with Gasteiger partial charge < -0.3 is 0 Å². The second-order valence-electron chi connectivity index (χ2n) is 5.34. The van der Waals surface area contributed by atoms with E-state index in [1.165, 1.54) is 11.1 Å². The second kappa shape index (κ2) is 6.50. The van der Waals surface area contributed by atoms with Crippen molar-refractivity contribution in [3.05, 3.63) is 29.6 Å². The molecule has 1 aromatic heterocycles. The predicted octanol–water partition coefficient (Wildman–Crippen LogP) is 4.04. The summed E-state index contributed by atoms with van der Waals surface area (Å²) in [4.78, 5) is 5.41. The lowest BCUT2D eigenvalue weighted by Gasteiger charge is -2.19. The fourth-order valence-electron chi connectivity index (χ4n) is 1.44. The van der Waals surface area contributed by atoms with Gasteiger partial charge in [0.2, 0.25) is 0 Å². The standard InChI is InChI=1S/C14H21NS2/c1-11(16)10-17-6-5-12-7-13(9-15-8-12)14(2,3)4/h7-9H,5-6,10H2,1-4H3. The molecule has 0 aliphatic rings. The van der Waals surface area contributed by atoms with Gasteiger partial charge in [-0.2, -0.15) is 11.8 Å². The van der Waals surface area contributed by atoms with E-state index < -0.39 is 0 Å². The Balaban J connectivity index is 2.52. The number of rotatable bonds is 5. The van der Waals surface area contributed by atoms with Gasteiger partial charge >= 0.3 is 0 Å². The molecular weight excluding hydrogens is 246 g/mol. The van der Waals surface area contributed by atoms with Crippen molar-refractivity contribution in [2.75, 3.05) is 11.5 Å². The molecular formula is C14H21NS2. The van der Waals surface area contributed by atoms with Crippen molar-refractivity contribution >= 4 is 28.8 Å². The first-order chi connectivity index (χ1) is 7.89. The van der Waals surface area contributed by atoms with Crippen LogP contribution in [0.1, 0.15) is 38.8 Å². The van der Waals surface area contributed by atoms with Gasteiger partial charge in [-0.1, -0.05) is 39.1 Å². The van der Waals surface area contributed by atoms with Crippen molar-refractivity contribution in [2.45, 2.75) is 39.5 Å². The molecule has 0 aliphatic heterocycles. The second-order valence-corrected chi connectivity index (χ2v) is 7.14. The zero-order valence-corrected chi connectivity index (χ0v) is 12.8. The highest BCUT2D eigenvalue weighted by atomic mass is 32.2. The van der Waals surface area contributed by atoms with E-state index in [2.05, 4.69) is 31.8 Å². The normalized spacial score (nSPS) is 11.5. The molecule has 1 nitrogen and oxygen atoms in total. The van der Waals surface area contributed by atoms with E-state index in [-0.39, 0.29) is 5.41 Å². The first kappa shape index (κ1) is 14.7. The number of thiocarbonyl (C=S) groups is 1. The number of hydrogen-bond donors (Lipinski definition) is 0. The van der Waals surface area contributed by atoms with Crippen molar-refractivity contribution in [2.24, 2.45) is 0 Å². The molecule has 0 saturated carbocycles. The SMILES string of the molecule is CC(=S)CSCCc1cncc(C(C)(C)C)c1. The van der Waals surface area contributed by atoms with Gasteiger partial charge in [-0.3, -0.25) is 4.98 Å². The molecule has 0 spiro atoms. The van der Waals surface area contributed by atoms with Crippen LogP contribution in [0.25, 0.3) is 0 Å². The largest absolute Gasteiger partial charge is 0.264 e. The van der Waals surface area contributed by atoms with Crippen LogP contribution in [0.4, 0.5) is 0 Å². The third kappa shape index (κ3) is 5.64. The lowest BCUT2D eigenvalue weighted by Crippen LogP contribution is -2.12. The van der Waals surface area contributed by atoms with Crippen LogP contribution < -0.4 is 0 Å². The Bertz CT molecular complexity index is 380. The lowest BCUT2D eigenvalue weighted by atomic mass is 9.87. The Morgan fingerprint density at radius 2 is 2.06 bits per heavy atom. The van der Waals surface area contributed by atoms with Gasteiger partial charge in [0.25, 0.3) is 0 Å². The van der Waals surface area contributed by atoms with Crippen LogP contribution in [-0.2, 0) is 11.8 Å². The topological polar surface area (TPSA) is 12.9 Å². The fourth-order valence-corrected chi connectivity index (χ4v) is 2.50. The monoisotopic (exact) mass is 267 g/mol. The van der Waals surface area contributed by atoms with Gasteiger partial charge in [-0.05, 0) is 40.5 Å². The number of thioether (sulfide) groups is 1. The first-order valence-corrected chi connectivity index (χ1v) is 7.47. The maximum absolute atomic E-state index is 5.06. The van der Waals surface area contributed by atoms with Crippen molar-refractivity contribution in [1.29, 1.82) is 0 Å². The highest BCUT2D eigenvalue weighted by Crippen LogP contribution is 2.22. The molecule has 0 atom stereocenters. The molecule has 3 heteroatoms. The van der Waals surface area contributed by atoms with E-state index in [0.717, 1.165) is 22.8 Å². The Morgan fingerprint density at radius 3 is 2.65 bits per heavy atom. The summed E-state index contributed by atoms with van der Waals surface area (Å²) < 4.78 is 0. The highest BCUT2D eigenvalue weighted by Gasteiger charge is 2.14. The van der Waals surface area contributed by atoms with Gasteiger partial charge in [0.05, 0.1) is 0 Å². The maximum Gasteiger partial charge on any atom is 0.0305 e. The Hall–Kier alpha value is -0.410. The molecule has 0 bridgehead atoms. The molecule has 0 fully saturated rings. The summed E-state index contributed by atoms with van der Waals surface area (Å²) in [6.45, 7) is 8.66. The summed E-state index contributed by atoms with van der Waals surface area (Å²) in [5.74, 6) is 2.10. The van der Waals surface area contributed by atoms with Gasteiger partial charge in [0, 0.05) is 18.1 Å². The maximum atomic E-state index is 5.06. The molecule has 0 aliphatic carbocycles. The number of pyridine rings is 1. The summed E-state index contributed by atoms with van der Waals surface area (Å²) >= 11 is 6.96. The van der Waals surface area contributed by atoms with Crippen LogP contribution in [0, 0.1) is 0 Å². The van der Waals surface area contributed by atoms with E-state index in [1.54, 1.807) is 0 Å². The van der Waals surface area contributed by atoms with E-state index >= 15 is 0 Å². The van der Waals surface area contributed by atoms with E-state index in [9.17, 15) is 0 Å². The molecule has 0 amide bonds. The molecule has 1 heterocycles. The van der Waals surface area contributed by atoms with Crippen molar-refractivity contribution in [3.63, 3.8) is 0 Å². The van der Waals surface area contributed by atoms with Crippen LogP contribution >= 0.6 is 24.0 Å². The summed E-state index contributed by atoms with van der Waals surface area (Å²) in [6, 6.07) is 2.28. The van der Waals surface area contributed by atoms with Gasteiger partial charge in [-0.25, -0.2) is 0 Å². The minimum absolute atomic E-state index is 0.182. The highest BCUT2D eigenvalue weighted by molar-refractivity contribution is 8.01. The summed E-state index contributed by atoms with van der Waals surface area (Å²) in [5, 5.41) is 0. The average molecular weight is 267 g/mol. The quantitative estimate of drug-likeness (QED) is 0.590. The zero-order chi connectivity index (χ0) is 12.9. The van der Waals surface area contributed by atoms with Gasteiger partial charge in [0.1, 0.15) is 0 Å². The zero-order valence-electron chi connectivity index (χ0n) is 11.1. The van der Waals surface area contributed by atoms with Gasteiger partial charge in [0.15, 0.2) is 0 Å². The van der Waals surface area contributed by atoms with E-state index in [0.29, 0.717) is 0 Å². The summed E-state index contributed by atoms with van der Waals surface area (Å²) in [6.07, 6.45) is 5.02. The Kier molecular flexibility index (Phi) is 5.60. The molecule has 1 aromatic rings. The average Bonchev–Trinajstić information content (AvgIpc) is 2.23. The third-order valence-corrected chi connectivity index (χ3v) is 3.96. The van der Waals surface area contributed by atoms with Crippen molar-refractivity contribution in [3.8, 4) is 0 Å². The molecule has 0 unspecified atom stereocenters. The lowest BCUT2D eigenvalue weighted by molar-refractivity contribution is 0.586. The predicted molar refractivity (Wildman–Crippen MR) is 82.2 cm³/mol. The van der Waals surface area contributed by atoms with Crippen molar-refractivity contribution in [1.82, 2.24) is 4.98 Å². The van der Waals surface area contributed by atoms with Crippen LogP contribution in [0.15, 0.2) is 18.5 Å². The number of aromatic nitrogens is 1. The van der Waals surface area contributed by atoms with Gasteiger partial charge in [-0.15, -0.1) is 0 Å². The van der Waals surface area contributed by atoms with Crippen LogP contribution in [0.3, 0.4) is 0 Å². The molecule has 94 valence electrons. The van der Waals surface area contributed by atoms with Crippen LogP contribution in [-0.4, -0.2) is 21.4 Å². The van der Waals surface area contributed by atoms with Crippen LogP contribution in [0.2, 0.25) is 0 Å². The molecule has 1 rings (SSSR count). The van der Waals surface area contributed by atoms with E-state index in [1.807, 2.05) is 31.1 Å². The smallest absolute Gasteiger partial charge is 0.0305 e. The minimum Gasteiger partial charge on any atom is -0.264 e. The minimum atomic E-state index is 0.182. The molecule has 0 radical (unpaired) electrons. The number of hydrogen-bond acceptors (Lipinski definition) is 3. The summed E-state index contributed by atoms with van der Waals surface area (Å²) in [5.41, 5.74) is 2.82. The fraction of sp³-hybridized carbons (Fsp3) is 0.571. The number of aryl methyl sites for hydroxylation is 1. The third-order valence-electron chi connectivity index (χ3n) is 2.50.